The molecule has 1 amide bonds. The Labute approximate surface area is 188 Å². The Hall–Kier alpha value is -3.24. The molecule has 0 saturated carbocycles. The molecule has 3 aromatic rings. The first-order valence-corrected chi connectivity index (χ1v) is 11.8. The third kappa shape index (κ3) is 2.06. The van der Waals surface area contributed by atoms with Gasteiger partial charge in [-0.25, -0.2) is 4.48 Å². The summed E-state index contributed by atoms with van der Waals surface area (Å²) in [6.07, 6.45) is 3.13. The number of carbonyl (C=O) groups is 1. The molecule has 3 aromatic carbocycles. The van der Waals surface area contributed by atoms with Gasteiger partial charge in [0, 0.05) is 24.0 Å². The van der Waals surface area contributed by atoms with E-state index in [1.54, 1.807) is 0 Å². The van der Waals surface area contributed by atoms with Gasteiger partial charge in [0.25, 0.3) is 5.91 Å². The van der Waals surface area contributed by atoms with Gasteiger partial charge in [-0.1, -0.05) is 60.7 Å². The minimum Gasteiger partial charge on any atom is -0.267 e. The molecular weight excluding hydrogens is 394 g/mol. The summed E-state index contributed by atoms with van der Waals surface area (Å²) < 4.78 is 3.43. The summed E-state index contributed by atoms with van der Waals surface area (Å²) in [6, 6.07) is 30.1. The van der Waals surface area contributed by atoms with Crippen molar-refractivity contribution in [3.05, 3.63) is 102 Å². The van der Waals surface area contributed by atoms with E-state index >= 15 is 0 Å². The Kier molecular flexibility index (Phi) is 3.66. The summed E-state index contributed by atoms with van der Waals surface area (Å²) in [5.41, 5.74) is 6.13. The van der Waals surface area contributed by atoms with Crippen LogP contribution in [-0.2, 0) is 11.3 Å². The maximum atomic E-state index is 14.1. The normalized spacial score (nSPS) is 29.8. The molecule has 32 heavy (non-hydrogen) atoms. The smallest absolute Gasteiger partial charge is 0.267 e. The largest absolute Gasteiger partial charge is 0.387 e. The number of anilines is 1. The average Bonchev–Trinajstić information content (AvgIpc) is 3.33. The number of amides is 1. The summed E-state index contributed by atoms with van der Waals surface area (Å²) in [7, 11) is 0. The van der Waals surface area contributed by atoms with E-state index in [0.29, 0.717) is 5.91 Å². The highest BCUT2D eigenvalue weighted by molar-refractivity contribution is 6.17. The van der Waals surface area contributed by atoms with E-state index in [2.05, 4.69) is 94.4 Å². The van der Waals surface area contributed by atoms with E-state index in [4.69, 9.17) is 0 Å². The van der Waals surface area contributed by atoms with Gasteiger partial charge in [0.1, 0.15) is 6.54 Å². The fraction of sp³-hybridized carbons (Fsp3) is 0.286. The van der Waals surface area contributed by atoms with Crippen LogP contribution in [0.3, 0.4) is 0 Å². The fourth-order valence-electron chi connectivity index (χ4n) is 7.13. The van der Waals surface area contributed by atoms with Crippen molar-refractivity contribution in [1.82, 2.24) is 0 Å². The summed E-state index contributed by atoms with van der Waals surface area (Å²) in [6.45, 7) is 2.96. The summed E-state index contributed by atoms with van der Waals surface area (Å²) in [5, 5.41) is 0. The molecule has 158 valence electrons. The number of rotatable bonds is 3. The number of fused-ring (bicyclic) bond motifs is 3. The Morgan fingerprint density at radius 1 is 0.938 bits per heavy atom. The number of hydrogen-bond acceptors (Lipinski definition) is 1. The summed E-state index contributed by atoms with van der Waals surface area (Å²) >= 11 is 0. The first-order valence-electron chi connectivity index (χ1n) is 11.8. The molecule has 4 nitrogen and oxygen atoms in total. The van der Waals surface area contributed by atoms with Gasteiger partial charge >= 0.3 is 5.79 Å². The lowest BCUT2D eigenvalue weighted by molar-refractivity contribution is -1.08. The second-order valence-electron chi connectivity index (χ2n) is 9.64. The molecule has 4 heteroatoms. The number of hydrogen-bond donors (Lipinski definition) is 0. The van der Waals surface area contributed by atoms with Crippen molar-refractivity contribution in [2.75, 3.05) is 18.0 Å². The van der Waals surface area contributed by atoms with Gasteiger partial charge in [0.2, 0.25) is 5.71 Å². The van der Waals surface area contributed by atoms with Crippen LogP contribution in [0.2, 0.25) is 0 Å². The quantitative estimate of drug-likeness (QED) is 0.461. The SMILES string of the molecule is O=C1[C@H]2CCC[N@@+]2(Cc2ccccc2)C23CC[N+]2=C(c2ccccc2)c2ccccc2N13. The zero-order valence-corrected chi connectivity index (χ0v) is 18.2. The Balaban J connectivity index is 1.52. The zero-order valence-electron chi connectivity index (χ0n) is 18.2. The number of carbonyl (C=O) groups excluding carboxylic acids is 1. The van der Waals surface area contributed by atoms with E-state index in [9.17, 15) is 4.79 Å². The van der Waals surface area contributed by atoms with Crippen LogP contribution in [0.1, 0.15) is 36.0 Å². The predicted octanol–water partition coefficient (Wildman–Crippen LogP) is 4.13. The molecular formula is C28H27N3O+2. The third-order valence-electron chi connectivity index (χ3n) is 8.34. The highest BCUT2D eigenvalue weighted by atomic mass is 16.2. The number of quaternary nitrogens is 1. The zero-order chi connectivity index (χ0) is 21.3. The fourth-order valence-corrected chi connectivity index (χ4v) is 7.13. The molecule has 4 aliphatic rings. The van der Waals surface area contributed by atoms with Gasteiger partial charge in [0.05, 0.1) is 17.8 Å². The minimum atomic E-state index is -0.312. The van der Waals surface area contributed by atoms with Crippen LogP contribution in [0.15, 0.2) is 84.9 Å². The lowest BCUT2D eigenvalue weighted by Gasteiger charge is -2.52. The van der Waals surface area contributed by atoms with E-state index in [0.717, 1.165) is 49.1 Å². The van der Waals surface area contributed by atoms with Crippen molar-refractivity contribution in [1.29, 1.82) is 0 Å². The molecule has 4 aliphatic heterocycles. The van der Waals surface area contributed by atoms with Gasteiger partial charge in [-0.2, -0.15) is 9.48 Å². The van der Waals surface area contributed by atoms with Crippen LogP contribution in [0, 0.1) is 0 Å². The number of nitrogens with zero attached hydrogens (tertiary/aromatic N) is 3. The molecule has 0 aliphatic carbocycles. The molecule has 7 rings (SSSR count). The van der Waals surface area contributed by atoms with E-state index in [-0.39, 0.29) is 11.8 Å². The molecule has 3 saturated heterocycles. The standard InChI is InChI=1S/C28H27N3O/c32-27-25-16-9-19-31(25,20-21-10-3-1-4-11-21)28-17-18-29(28)26(22-12-5-2-6-13-22)23-14-7-8-15-24(23)30(27)28/h1-8,10-15,25H,9,16-20H2/q+2/t25-,28?,31+/m1/s1. The summed E-state index contributed by atoms with van der Waals surface area (Å²) in [4.78, 5) is 16.3. The monoisotopic (exact) mass is 421 g/mol. The van der Waals surface area contributed by atoms with Gasteiger partial charge in [-0.15, -0.1) is 0 Å². The molecule has 0 bridgehead atoms. The van der Waals surface area contributed by atoms with Gasteiger partial charge in [-0.3, -0.25) is 4.79 Å². The van der Waals surface area contributed by atoms with Gasteiger partial charge in [0.15, 0.2) is 19.0 Å². The van der Waals surface area contributed by atoms with Crippen LogP contribution < -0.4 is 4.90 Å². The topological polar surface area (TPSA) is 23.3 Å². The molecule has 0 N–H and O–H groups in total. The third-order valence-corrected chi connectivity index (χ3v) is 8.34. The Morgan fingerprint density at radius 3 is 2.41 bits per heavy atom. The second-order valence-corrected chi connectivity index (χ2v) is 9.64. The molecule has 0 aromatic heterocycles. The summed E-state index contributed by atoms with van der Waals surface area (Å²) in [5.74, 6) is 0.0101. The number of benzene rings is 3. The molecule has 1 unspecified atom stereocenters. The minimum absolute atomic E-state index is 0.0428. The number of para-hydroxylation sites is 1. The lowest BCUT2D eigenvalue weighted by Crippen LogP contribution is -2.79. The van der Waals surface area contributed by atoms with Gasteiger partial charge in [-0.05, 0) is 24.3 Å². The van der Waals surface area contributed by atoms with E-state index < -0.39 is 0 Å². The first kappa shape index (κ1) is 18.3. The molecule has 1 spiro atoms. The Morgan fingerprint density at radius 2 is 1.66 bits per heavy atom. The van der Waals surface area contributed by atoms with Crippen molar-refractivity contribution < 1.29 is 13.9 Å². The highest BCUT2D eigenvalue weighted by Gasteiger charge is 2.82. The average molecular weight is 422 g/mol. The highest BCUT2D eigenvalue weighted by Crippen LogP contribution is 2.57. The van der Waals surface area contributed by atoms with Crippen LogP contribution >= 0.6 is 0 Å². The van der Waals surface area contributed by atoms with Crippen LogP contribution in [0.25, 0.3) is 0 Å². The first-order chi connectivity index (χ1) is 15.8. The molecule has 0 radical (unpaired) electrons. The maximum absolute atomic E-state index is 14.1. The van der Waals surface area contributed by atoms with E-state index in [1.165, 1.54) is 22.4 Å². The predicted molar refractivity (Wildman–Crippen MR) is 124 cm³/mol. The van der Waals surface area contributed by atoms with E-state index in [1.807, 2.05) is 0 Å². The maximum Gasteiger partial charge on any atom is 0.387 e. The van der Waals surface area contributed by atoms with Crippen molar-refractivity contribution in [2.45, 2.75) is 37.6 Å². The van der Waals surface area contributed by atoms with Gasteiger partial charge < -0.3 is 0 Å². The second kappa shape index (κ2) is 6.39. The van der Waals surface area contributed by atoms with Crippen LogP contribution in [0.4, 0.5) is 5.69 Å². The molecule has 3 fully saturated rings. The lowest BCUT2D eigenvalue weighted by atomic mass is 9.89. The molecule has 3 atom stereocenters. The van der Waals surface area contributed by atoms with Crippen LogP contribution in [-0.4, -0.2) is 45.6 Å². The van der Waals surface area contributed by atoms with Crippen molar-refractivity contribution in [3.8, 4) is 0 Å². The molecule has 4 heterocycles. The van der Waals surface area contributed by atoms with Crippen molar-refractivity contribution >= 4 is 17.3 Å². The van der Waals surface area contributed by atoms with Crippen molar-refractivity contribution in [2.24, 2.45) is 0 Å². The Bertz CT molecular complexity index is 1270. The van der Waals surface area contributed by atoms with Crippen molar-refractivity contribution in [3.63, 3.8) is 0 Å². The van der Waals surface area contributed by atoms with Crippen LogP contribution in [0.5, 0.6) is 0 Å².